The molecule has 0 radical (unpaired) electrons. The predicted octanol–water partition coefficient (Wildman–Crippen LogP) is 1.73. The Morgan fingerprint density at radius 1 is 1.56 bits per heavy atom. The van der Waals surface area contributed by atoms with Crippen molar-refractivity contribution in [2.45, 2.75) is 25.9 Å². The van der Waals surface area contributed by atoms with E-state index in [9.17, 15) is 9.18 Å². The van der Waals surface area contributed by atoms with E-state index in [1.165, 1.54) is 25.3 Å². The van der Waals surface area contributed by atoms with Crippen molar-refractivity contribution in [1.82, 2.24) is 5.32 Å². The molecule has 1 amide bonds. The summed E-state index contributed by atoms with van der Waals surface area (Å²) >= 11 is 0. The van der Waals surface area contributed by atoms with Crippen LogP contribution in [0.5, 0.6) is 5.75 Å². The maximum absolute atomic E-state index is 13.1. The summed E-state index contributed by atoms with van der Waals surface area (Å²) in [4.78, 5) is 11.7. The Kier molecular flexibility index (Phi) is 5.58. The smallest absolute Gasteiger partial charge is 0.251 e. The maximum Gasteiger partial charge on any atom is 0.251 e. The fourth-order valence-electron chi connectivity index (χ4n) is 1.50. The highest BCUT2D eigenvalue weighted by Gasteiger charge is 2.09. The molecule has 0 aromatic heterocycles. The molecule has 0 fully saturated rings. The fraction of sp³-hybridized carbons (Fsp3) is 0.462. The van der Waals surface area contributed by atoms with Gasteiger partial charge < -0.3 is 15.2 Å². The van der Waals surface area contributed by atoms with Gasteiger partial charge in [-0.25, -0.2) is 4.39 Å². The number of hydrogen-bond acceptors (Lipinski definition) is 3. The lowest BCUT2D eigenvalue weighted by atomic mass is 10.2. The first-order valence-corrected chi connectivity index (χ1v) is 5.84. The first-order chi connectivity index (χ1) is 8.54. The molecular weight excluding hydrogens is 237 g/mol. The highest BCUT2D eigenvalue weighted by atomic mass is 19.1. The summed E-state index contributed by atoms with van der Waals surface area (Å²) in [5.41, 5.74) is 0.352. The second kappa shape index (κ2) is 6.96. The maximum atomic E-state index is 13.1. The summed E-state index contributed by atoms with van der Waals surface area (Å²) in [5, 5.41) is 11.8. The zero-order valence-corrected chi connectivity index (χ0v) is 10.6. The van der Waals surface area contributed by atoms with Gasteiger partial charge in [-0.3, -0.25) is 4.79 Å². The van der Waals surface area contributed by atoms with Gasteiger partial charge in [-0.1, -0.05) is 0 Å². The third-order valence-electron chi connectivity index (χ3n) is 2.50. The van der Waals surface area contributed by atoms with Crippen LogP contribution in [0.2, 0.25) is 0 Å². The first-order valence-electron chi connectivity index (χ1n) is 5.84. The molecule has 2 N–H and O–H groups in total. The van der Waals surface area contributed by atoms with Gasteiger partial charge in [0.25, 0.3) is 5.91 Å². The number of hydrogen-bond donors (Lipinski definition) is 2. The van der Waals surface area contributed by atoms with Crippen molar-refractivity contribution in [3.63, 3.8) is 0 Å². The largest absolute Gasteiger partial charge is 0.494 e. The van der Waals surface area contributed by atoms with Crippen LogP contribution >= 0.6 is 0 Å². The highest BCUT2D eigenvalue weighted by Crippen LogP contribution is 2.18. The SMILES string of the molecule is COc1cc(C(=O)NCCCC(C)O)ccc1F. The Labute approximate surface area is 106 Å². The summed E-state index contributed by atoms with van der Waals surface area (Å²) in [6.07, 6.45) is 0.960. The number of benzene rings is 1. The topological polar surface area (TPSA) is 58.6 Å². The third kappa shape index (κ3) is 4.33. The number of aliphatic hydroxyl groups is 1. The molecule has 0 bridgehead atoms. The molecule has 0 aliphatic heterocycles. The van der Waals surface area contributed by atoms with Crippen LogP contribution in [0.1, 0.15) is 30.1 Å². The molecule has 18 heavy (non-hydrogen) atoms. The summed E-state index contributed by atoms with van der Waals surface area (Å²) in [5.74, 6) is -0.728. The normalized spacial score (nSPS) is 12.0. The second-order valence-corrected chi connectivity index (χ2v) is 4.10. The van der Waals surface area contributed by atoms with Crippen LogP contribution in [0.25, 0.3) is 0 Å². The van der Waals surface area contributed by atoms with Crippen LogP contribution in [0.15, 0.2) is 18.2 Å². The molecule has 0 saturated heterocycles. The van der Waals surface area contributed by atoms with Crippen LogP contribution in [0, 0.1) is 5.82 Å². The Bertz CT molecular complexity index is 407. The molecule has 1 atom stereocenters. The first kappa shape index (κ1) is 14.4. The molecule has 0 aliphatic rings. The number of amides is 1. The van der Waals surface area contributed by atoms with Gasteiger partial charge in [0.05, 0.1) is 13.2 Å². The molecule has 1 aromatic carbocycles. The molecule has 1 aromatic rings. The Hall–Kier alpha value is -1.62. The number of rotatable bonds is 6. The van der Waals surface area contributed by atoms with Crippen molar-refractivity contribution in [3.8, 4) is 5.75 Å². The molecule has 0 spiro atoms. The Balaban J connectivity index is 2.51. The lowest BCUT2D eigenvalue weighted by Gasteiger charge is -2.08. The van der Waals surface area contributed by atoms with Crippen LogP contribution < -0.4 is 10.1 Å². The molecule has 0 heterocycles. The van der Waals surface area contributed by atoms with Crippen molar-refractivity contribution in [3.05, 3.63) is 29.6 Å². The zero-order valence-electron chi connectivity index (χ0n) is 10.6. The van der Waals surface area contributed by atoms with Crippen molar-refractivity contribution in [1.29, 1.82) is 0 Å². The molecule has 4 nitrogen and oxygen atoms in total. The molecule has 0 saturated carbocycles. The number of nitrogens with one attached hydrogen (secondary N) is 1. The third-order valence-corrected chi connectivity index (χ3v) is 2.50. The fourth-order valence-corrected chi connectivity index (χ4v) is 1.50. The Morgan fingerprint density at radius 2 is 2.28 bits per heavy atom. The van der Waals surface area contributed by atoms with Crippen LogP contribution in [-0.4, -0.2) is 30.8 Å². The van der Waals surface area contributed by atoms with Crippen molar-refractivity contribution in [2.24, 2.45) is 0 Å². The second-order valence-electron chi connectivity index (χ2n) is 4.10. The number of methoxy groups -OCH3 is 1. The average molecular weight is 255 g/mol. The van der Waals surface area contributed by atoms with E-state index in [1.54, 1.807) is 6.92 Å². The zero-order chi connectivity index (χ0) is 13.5. The van der Waals surface area contributed by atoms with Crippen LogP contribution in [0.3, 0.4) is 0 Å². The standard InChI is InChI=1S/C13H18FNO3/c1-9(16)4-3-7-15-13(17)10-5-6-11(14)12(8-10)18-2/h5-6,8-9,16H,3-4,7H2,1-2H3,(H,15,17). The van der Waals surface area contributed by atoms with Crippen LogP contribution in [-0.2, 0) is 0 Å². The van der Waals surface area contributed by atoms with Gasteiger partial charge in [0.1, 0.15) is 0 Å². The summed E-state index contributed by atoms with van der Waals surface area (Å²) in [6.45, 7) is 2.18. The monoisotopic (exact) mass is 255 g/mol. The Morgan fingerprint density at radius 3 is 2.89 bits per heavy atom. The van der Waals surface area contributed by atoms with Gasteiger partial charge in [-0.05, 0) is 38.0 Å². The minimum Gasteiger partial charge on any atom is -0.494 e. The van der Waals surface area contributed by atoms with E-state index in [0.717, 1.165) is 0 Å². The van der Waals surface area contributed by atoms with E-state index in [1.807, 2.05) is 0 Å². The van der Waals surface area contributed by atoms with Gasteiger partial charge in [0, 0.05) is 12.1 Å². The lowest BCUT2D eigenvalue weighted by molar-refractivity contribution is 0.0949. The lowest BCUT2D eigenvalue weighted by Crippen LogP contribution is -2.25. The summed E-state index contributed by atoms with van der Waals surface area (Å²) in [6, 6.07) is 3.96. The van der Waals surface area contributed by atoms with Crippen molar-refractivity contribution < 1.29 is 19.0 Å². The number of aliphatic hydroxyl groups excluding tert-OH is 1. The molecule has 1 unspecified atom stereocenters. The number of halogens is 1. The molecule has 100 valence electrons. The van der Waals surface area contributed by atoms with Gasteiger partial charge in [-0.15, -0.1) is 0 Å². The molecular formula is C13H18FNO3. The van der Waals surface area contributed by atoms with E-state index in [-0.39, 0.29) is 17.8 Å². The molecule has 1 rings (SSSR count). The van der Waals surface area contributed by atoms with E-state index < -0.39 is 5.82 Å². The van der Waals surface area contributed by atoms with Gasteiger partial charge in [-0.2, -0.15) is 0 Å². The average Bonchev–Trinajstić information content (AvgIpc) is 2.34. The summed E-state index contributed by atoms with van der Waals surface area (Å²) in [7, 11) is 1.35. The molecule has 5 heteroatoms. The van der Waals surface area contributed by atoms with E-state index in [4.69, 9.17) is 9.84 Å². The minimum atomic E-state index is -0.497. The predicted molar refractivity (Wildman–Crippen MR) is 66.2 cm³/mol. The van der Waals surface area contributed by atoms with E-state index in [2.05, 4.69) is 5.32 Å². The van der Waals surface area contributed by atoms with Crippen LogP contribution in [0.4, 0.5) is 4.39 Å². The van der Waals surface area contributed by atoms with Gasteiger partial charge >= 0.3 is 0 Å². The van der Waals surface area contributed by atoms with E-state index >= 15 is 0 Å². The minimum absolute atomic E-state index is 0.0478. The number of carbonyl (C=O) groups is 1. The molecule has 0 aliphatic carbocycles. The summed E-state index contributed by atoms with van der Waals surface area (Å²) < 4.78 is 17.9. The van der Waals surface area contributed by atoms with Gasteiger partial charge in [0.2, 0.25) is 0 Å². The number of carbonyl (C=O) groups excluding carboxylic acids is 1. The van der Waals surface area contributed by atoms with Gasteiger partial charge in [0.15, 0.2) is 11.6 Å². The van der Waals surface area contributed by atoms with Crippen molar-refractivity contribution >= 4 is 5.91 Å². The van der Waals surface area contributed by atoms with E-state index in [0.29, 0.717) is 24.9 Å². The number of ether oxygens (including phenoxy) is 1. The highest BCUT2D eigenvalue weighted by molar-refractivity contribution is 5.94. The quantitative estimate of drug-likeness (QED) is 0.761. The van der Waals surface area contributed by atoms with Crippen molar-refractivity contribution in [2.75, 3.05) is 13.7 Å².